The van der Waals surface area contributed by atoms with Crippen molar-refractivity contribution in [3.05, 3.63) is 0 Å². The van der Waals surface area contributed by atoms with E-state index in [1.54, 1.807) is 0 Å². The van der Waals surface area contributed by atoms with Gasteiger partial charge in [-0.15, -0.1) is 11.6 Å². The van der Waals surface area contributed by atoms with Gasteiger partial charge < -0.3 is 5.32 Å². The van der Waals surface area contributed by atoms with Crippen LogP contribution in [-0.4, -0.2) is 18.5 Å². The summed E-state index contributed by atoms with van der Waals surface area (Å²) in [4.78, 5) is 0. The van der Waals surface area contributed by atoms with E-state index in [-0.39, 0.29) is 5.38 Å². The van der Waals surface area contributed by atoms with Crippen LogP contribution in [0.2, 0.25) is 0 Å². The van der Waals surface area contributed by atoms with Gasteiger partial charge in [-0.3, -0.25) is 0 Å². The predicted molar refractivity (Wildman–Crippen MR) is 52.3 cm³/mol. The predicted octanol–water partition coefficient (Wildman–Crippen LogP) is 2.64. The Balaban J connectivity index is 3.44. The number of halogens is 1. The second-order valence-corrected chi connectivity index (χ2v) is 4.79. The maximum Gasteiger partial charge on any atom is 0.0465 e. The highest BCUT2D eigenvalue weighted by atomic mass is 35.5. The summed E-state index contributed by atoms with van der Waals surface area (Å²) in [5.41, 5.74) is 0.349. The highest BCUT2D eigenvalue weighted by Gasteiger charge is 2.15. The van der Waals surface area contributed by atoms with Gasteiger partial charge in [0, 0.05) is 11.9 Å². The van der Waals surface area contributed by atoms with Crippen molar-refractivity contribution < 1.29 is 0 Å². The lowest BCUT2D eigenvalue weighted by molar-refractivity contribution is 0.365. The summed E-state index contributed by atoms with van der Waals surface area (Å²) in [7, 11) is 0. The average molecular weight is 178 g/mol. The number of nitrogens with one attached hydrogen (secondary N) is 1. The Kier molecular flexibility index (Phi) is 5.11. The van der Waals surface area contributed by atoms with Crippen LogP contribution in [0.1, 0.15) is 34.1 Å². The van der Waals surface area contributed by atoms with Crippen molar-refractivity contribution in [1.82, 2.24) is 5.32 Å². The lowest BCUT2D eigenvalue weighted by atomic mass is 9.90. The van der Waals surface area contributed by atoms with E-state index < -0.39 is 0 Å². The van der Waals surface area contributed by atoms with E-state index >= 15 is 0 Å². The Labute approximate surface area is 75.5 Å². The molecule has 1 nitrogen and oxygen atoms in total. The molecule has 0 saturated carbocycles. The van der Waals surface area contributed by atoms with Crippen molar-refractivity contribution in [1.29, 1.82) is 0 Å². The van der Waals surface area contributed by atoms with E-state index in [0.29, 0.717) is 5.41 Å². The van der Waals surface area contributed by atoms with E-state index in [9.17, 15) is 0 Å². The van der Waals surface area contributed by atoms with Gasteiger partial charge in [0.2, 0.25) is 0 Å². The fourth-order valence-corrected chi connectivity index (χ4v) is 1.61. The molecule has 0 aromatic rings. The zero-order chi connectivity index (χ0) is 8.91. The molecule has 0 radical (unpaired) electrons. The Morgan fingerprint density at radius 3 is 2.27 bits per heavy atom. The molecule has 68 valence electrons. The third kappa shape index (κ3) is 8.15. The summed E-state index contributed by atoms with van der Waals surface area (Å²) in [6.07, 6.45) is 1.07. The highest BCUT2D eigenvalue weighted by Crippen LogP contribution is 2.22. The maximum atomic E-state index is 6.08. The summed E-state index contributed by atoms with van der Waals surface area (Å²) in [5, 5.41) is 3.51. The fraction of sp³-hybridized carbons (Fsp3) is 1.00. The topological polar surface area (TPSA) is 12.0 Å². The standard InChI is InChI=1S/C9H20ClN/c1-5-11-7-8(10)6-9(2,3)4/h8,11H,5-7H2,1-4H3. The summed E-state index contributed by atoms with van der Waals surface area (Å²) < 4.78 is 0. The second-order valence-electron chi connectivity index (χ2n) is 4.17. The molecule has 1 N–H and O–H groups in total. The maximum absolute atomic E-state index is 6.08. The molecule has 1 unspecified atom stereocenters. The first-order valence-corrected chi connectivity index (χ1v) is 4.74. The summed E-state index contributed by atoms with van der Waals surface area (Å²) in [5.74, 6) is 0. The van der Waals surface area contributed by atoms with Gasteiger partial charge in [0.15, 0.2) is 0 Å². The van der Waals surface area contributed by atoms with Crippen LogP contribution < -0.4 is 5.32 Å². The molecule has 0 aromatic heterocycles. The number of alkyl halides is 1. The number of rotatable bonds is 4. The molecule has 0 aliphatic rings. The molecule has 0 fully saturated rings. The number of hydrogen-bond donors (Lipinski definition) is 1. The van der Waals surface area contributed by atoms with Crippen molar-refractivity contribution in [2.24, 2.45) is 5.41 Å². The Morgan fingerprint density at radius 2 is 1.91 bits per heavy atom. The Morgan fingerprint density at radius 1 is 1.36 bits per heavy atom. The summed E-state index contributed by atoms with van der Waals surface area (Å²) in [6, 6.07) is 0. The van der Waals surface area contributed by atoms with Gasteiger partial charge in [0.1, 0.15) is 0 Å². The molecule has 0 aliphatic carbocycles. The van der Waals surface area contributed by atoms with Gasteiger partial charge in [-0.2, -0.15) is 0 Å². The van der Waals surface area contributed by atoms with Crippen LogP contribution in [-0.2, 0) is 0 Å². The van der Waals surface area contributed by atoms with Crippen molar-refractivity contribution in [3.8, 4) is 0 Å². The minimum atomic E-state index is 0.273. The Hall–Kier alpha value is 0.250. The molecule has 0 rings (SSSR count). The molecule has 11 heavy (non-hydrogen) atoms. The lowest BCUT2D eigenvalue weighted by Crippen LogP contribution is -2.26. The van der Waals surface area contributed by atoms with Gasteiger partial charge in [-0.1, -0.05) is 27.7 Å². The van der Waals surface area contributed by atoms with Gasteiger partial charge in [0.05, 0.1) is 0 Å². The van der Waals surface area contributed by atoms with Crippen molar-refractivity contribution in [3.63, 3.8) is 0 Å². The molecule has 0 amide bonds. The van der Waals surface area contributed by atoms with Crippen molar-refractivity contribution in [2.75, 3.05) is 13.1 Å². The van der Waals surface area contributed by atoms with Crippen LogP contribution in [0.15, 0.2) is 0 Å². The fourth-order valence-electron chi connectivity index (χ4n) is 1.04. The van der Waals surface area contributed by atoms with Crippen LogP contribution in [0.3, 0.4) is 0 Å². The van der Waals surface area contributed by atoms with Crippen LogP contribution in [0, 0.1) is 5.41 Å². The van der Waals surface area contributed by atoms with E-state index in [2.05, 4.69) is 33.0 Å². The van der Waals surface area contributed by atoms with E-state index in [1.807, 2.05) is 0 Å². The zero-order valence-corrected chi connectivity index (χ0v) is 8.83. The molecular weight excluding hydrogens is 158 g/mol. The van der Waals surface area contributed by atoms with Gasteiger partial charge in [0.25, 0.3) is 0 Å². The smallest absolute Gasteiger partial charge is 0.0465 e. The third-order valence-electron chi connectivity index (χ3n) is 1.45. The van der Waals surface area contributed by atoms with Crippen LogP contribution >= 0.6 is 11.6 Å². The molecule has 0 aliphatic heterocycles. The first-order valence-electron chi connectivity index (χ1n) is 4.30. The molecule has 1 atom stereocenters. The first-order chi connectivity index (χ1) is 4.95. The van der Waals surface area contributed by atoms with Crippen LogP contribution in [0.5, 0.6) is 0 Å². The molecule has 0 bridgehead atoms. The van der Waals surface area contributed by atoms with Gasteiger partial charge >= 0.3 is 0 Å². The Bertz CT molecular complexity index is 96.2. The SMILES string of the molecule is CCNCC(Cl)CC(C)(C)C. The van der Waals surface area contributed by atoms with E-state index in [4.69, 9.17) is 11.6 Å². The zero-order valence-electron chi connectivity index (χ0n) is 8.08. The van der Waals surface area contributed by atoms with Crippen LogP contribution in [0.25, 0.3) is 0 Å². The molecule has 0 aromatic carbocycles. The second kappa shape index (κ2) is 5.00. The normalized spacial score (nSPS) is 15.0. The summed E-state index contributed by atoms with van der Waals surface area (Å²) in [6.45, 7) is 10.7. The molecule has 2 heteroatoms. The average Bonchev–Trinajstić information content (AvgIpc) is 1.79. The van der Waals surface area contributed by atoms with Gasteiger partial charge in [-0.25, -0.2) is 0 Å². The first kappa shape index (κ1) is 11.2. The van der Waals surface area contributed by atoms with Crippen molar-refractivity contribution >= 4 is 11.6 Å². The quantitative estimate of drug-likeness (QED) is 0.652. The lowest BCUT2D eigenvalue weighted by Gasteiger charge is -2.21. The summed E-state index contributed by atoms with van der Waals surface area (Å²) >= 11 is 6.08. The van der Waals surface area contributed by atoms with Crippen LogP contribution in [0.4, 0.5) is 0 Å². The van der Waals surface area contributed by atoms with Crippen molar-refractivity contribution in [2.45, 2.75) is 39.5 Å². The molecular formula is C9H20ClN. The van der Waals surface area contributed by atoms with Gasteiger partial charge in [-0.05, 0) is 18.4 Å². The largest absolute Gasteiger partial charge is 0.316 e. The molecule has 0 heterocycles. The van der Waals surface area contributed by atoms with E-state index in [1.165, 1.54) is 0 Å². The highest BCUT2D eigenvalue weighted by molar-refractivity contribution is 6.20. The third-order valence-corrected chi connectivity index (χ3v) is 1.76. The van der Waals surface area contributed by atoms with E-state index in [0.717, 1.165) is 19.5 Å². The number of hydrogen-bond acceptors (Lipinski definition) is 1. The molecule has 0 spiro atoms. The molecule has 0 saturated heterocycles. The minimum Gasteiger partial charge on any atom is -0.316 e. The monoisotopic (exact) mass is 177 g/mol. The minimum absolute atomic E-state index is 0.273.